The molecule has 0 aliphatic heterocycles. The number of carboxylic acid groups (broad SMARTS) is 1. The summed E-state index contributed by atoms with van der Waals surface area (Å²) in [7, 11) is -3.96. The van der Waals surface area contributed by atoms with Gasteiger partial charge in [0, 0.05) is 29.6 Å². The number of aromatic hydroxyl groups is 1. The number of benzene rings is 5. The van der Waals surface area contributed by atoms with Crippen molar-refractivity contribution >= 4 is 26.9 Å². The Morgan fingerprint density at radius 2 is 1.30 bits per heavy atom. The molecule has 0 fully saturated rings. The molecule has 0 saturated carbocycles. The third kappa shape index (κ3) is 6.99. The van der Waals surface area contributed by atoms with Crippen LogP contribution in [0.2, 0.25) is 0 Å². The predicted molar refractivity (Wildman–Crippen MR) is 184 cm³/mol. The number of aromatic nitrogens is 1. The zero-order chi connectivity index (χ0) is 32.8. The number of phenols is 1. The third-order valence-electron chi connectivity index (χ3n) is 8.52. The summed E-state index contributed by atoms with van der Waals surface area (Å²) in [6, 6.07) is 41.7. The van der Waals surface area contributed by atoms with Crippen molar-refractivity contribution in [2.45, 2.75) is 36.6 Å². The van der Waals surface area contributed by atoms with Crippen molar-refractivity contribution in [3.63, 3.8) is 0 Å². The van der Waals surface area contributed by atoms with Gasteiger partial charge < -0.3 is 14.8 Å². The van der Waals surface area contributed by atoms with E-state index in [0.717, 1.165) is 58.1 Å². The van der Waals surface area contributed by atoms with Crippen LogP contribution in [0.15, 0.2) is 138 Å². The maximum absolute atomic E-state index is 13.2. The van der Waals surface area contributed by atoms with E-state index in [4.69, 9.17) is 0 Å². The smallest absolute Gasteiger partial charge is 0.335 e. The van der Waals surface area contributed by atoms with Crippen molar-refractivity contribution < 1.29 is 23.4 Å². The van der Waals surface area contributed by atoms with Crippen LogP contribution in [0.5, 0.6) is 5.75 Å². The molecule has 0 atom stereocenters. The summed E-state index contributed by atoms with van der Waals surface area (Å²) in [6.07, 6.45) is 2.74. The number of phenolic OH excluding ortho intramolecular Hbond substituents is 1. The molecule has 238 valence electrons. The first-order valence-electron chi connectivity index (χ1n) is 15.6. The minimum atomic E-state index is -3.96. The van der Waals surface area contributed by atoms with Crippen molar-refractivity contribution in [3.05, 3.63) is 167 Å². The van der Waals surface area contributed by atoms with Gasteiger partial charge >= 0.3 is 5.97 Å². The Morgan fingerprint density at radius 1 is 0.702 bits per heavy atom. The monoisotopic (exact) mass is 644 g/mol. The normalized spacial score (nSPS) is 11.7. The zero-order valence-corrected chi connectivity index (χ0v) is 26.6. The Hall–Kier alpha value is -5.18. The molecule has 7 nitrogen and oxygen atoms in total. The molecule has 6 aromatic rings. The fourth-order valence-corrected chi connectivity index (χ4v) is 7.47. The Labute approximate surface area is 274 Å². The summed E-state index contributed by atoms with van der Waals surface area (Å²) in [6.45, 7) is 0.132. The van der Waals surface area contributed by atoms with Crippen molar-refractivity contribution in [3.8, 4) is 5.75 Å². The molecule has 0 spiro atoms. The van der Waals surface area contributed by atoms with Crippen LogP contribution in [0.25, 0.3) is 10.9 Å². The van der Waals surface area contributed by atoms with Crippen LogP contribution < -0.4 is 4.72 Å². The average Bonchev–Trinajstić information content (AvgIpc) is 3.38. The molecule has 1 heterocycles. The summed E-state index contributed by atoms with van der Waals surface area (Å²) in [5.41, 5.74) is 6.79. The first-order valence-corrected chi connectivity index (χ1v) is 17.1. The highest BCUT2D eigenvalue weighted by Crippen LogP contribution is 2.37. The lowest BCUT2D eigenvalue weighted by atomic mass is 9.97. The van der Waals surface area contributed by atoms with Crippen LogP contribution in [-0.4, -0.2) is 35.7 Å². The largest absolute Gasteiger partial charge is 0.507 e. The van der Waals surface area contributed by atoms with E-state index in [1.54, 1.807) is 24.3 Å². The van der Waals surface area contributed by atoms with Gasteiger partial charge in [0.1, 0.15) is 10.6 Å². The molecule has 0 amide bonds. The standard InChI is InChI=1S/C39H36N2O5S/c42-36-20-9-10-21-37(36)47(45,46)40-27-26-35-33(18-11-12-28-22-24-31(25-23-28)39(43)44)32-17-7-8-19-34(32)41(35)38(29-13-3-1-4-14-29)30-15-5-2-6-16-30/h1-10,13-17,19-25,38,40,42H,11-12,18,26-27H2,(H,43,44). The first kappa shape index (κ1) is 31.8. The Morgan fingerprint density at radius 3 is 1.94 bits per heavy atom. The summed E-state index contributed by atoms with van der Waals surface area (Å²) in [5, 5.41) is 20.7. The SMILES string of the molecule is O=C(O)c1ccc(CCCc2c(CCNS(=O)(=O)c3ccccc3O)n(C(c3ccccc3)c3ccccc3)c3ccccc23)cc1. The number of sulfonamides is 1. The number of nitrogens with one attached hydrogen (secondary N) is 1. The molecular formula is C39H36N2O5S. The number of rotatable bonds is 13. The molecule has 0 radical (unpaired) electrons. The third-order valence-corrected chi connectivity index (χ3v) is 10.0. The second kappa shape index (κ2) is 14.1. The number of fused-ring (bicyclic) bond motifs is 1. The molecule has 47 heavy (non-hydrogen) atoms. The molecule has 0 saturated heterocycles. The maximum Gasteiger partial charge on any atom is 0.335 e. The quantitative estimate of drug-likeness (QED) is 0.122. The van der Waals surface area contributed by atoms with Crippen molar-refractivity contribution in [1.82, 2.24) is 9.29 Å². The van der Waals surface area contributed by atoms with Crippen LogP contribution >= 0.6 is 0 Å². The lowest BCUT2D eigenvalue weighted by Crippen LogP contribution is -2.27. The van der Waals surface area contributed by atoms with Gasteiger partial charge in [-0.25, -0.2) is 17.9 Å². The van der Waals surface area contributed by atoms with E-state index < -0.39 is 16.0 Å². The van der Waals surface area contributed by atoms with Crippen LogP contribution in [0, 0.1) is 0 Å². The topological polar surface area (TPSA) is 109 Å². The lowest BCUT2D eigenvalue weighted by molar-refractivity contribution is 0.0697. The first-order chi connectivity index (χ1) is 22.8. The van der Waals surface area contributed by atoms with Crippen LogP contribution in [-0.2, 0) is 29.3 Å². The van der Waals surface area contributed by atoms with E-state index in [-0.39, 0.29) is 28.8 Å². The summed E-state index contributed by atoms with van der Waals surface area (Å²) in [5.74, 6) is -1.24. The van der Waals surface area contributed by atoms with Gasteiger partial charge in [-0.3, -0.25) is 0 Å². The van der Waals surface area contributed by atoms with Gasteiger partial charge in [0.2, 0.25) is 10.0 Å². The molecule has 0 aliphatic carbocycles. The van der Waals surface area contributed by atoms with E-state index in [9.17, 15) is 23.4 Å². The van der Waals surface area contributed by atoms with Crippen LogP contribution in [0.1, 0.15) is 50.8 Å². The number of hydrogen-bond acceptors (Lipinski definition) is 4. The van der Waals surface area contributed by atoms with E-state index in [1.807, 2.05) is 60.7 Å². The highest BCUT2D eigenvalue weighted by molar-refractivity contribution is 7.89. The average molecular weight is 645 g/mol. The van der Waals surface area contributed by atoms with Gasteiger partial charge in [-0.05, 0) is 71.8 Å². The van der Waals surface area contributed by atoms with Gasteiger partial charge in [0.25, 0.3) is 0 Å². The number of carbonyl (C=O) groups is 1. The summed E-state index contributed by atoms with van der Waals surface area (Å²) < 4.78 is 31.6. The molecule has 0 bridgehead atoms. The molecular weight excluding hydrogens is 609 g/mol. The van der Waals surface area contributed by atoms with Gasteiger partial charge in [-0.15, -0.1) is 0 Å². The second-order valence-corrected chi connectivity index (χ2v) is 13.2. The van der Waals surface area contributed by atoms with Gasteiger partial charge in [-0.2, -0.15) is 0 Å². The Balaban J connectivity index is 1.41. The van der Waals surface area contributed by atoms with Crippen molar-refractivity contribution in [1.29, 1.82) is 0 Å². The number of aromatic carboxylic acids is 1. The fourth-order valence-electron chi connectivity index (χ4n) is 6.34. The van der Waals surface area contributed by atoms with E-state index in [0.29, 0.717) is 6.42 Å². The highest BCUT2D eigenvalue weighted by Gasteiger charge is 2.26. The van der Waals surface area contributed by atoms with Crippen LogP contribution in [0.3, 0.4) is 0 Å². The molecule has 6 rings (SSSR count). The van der Waals surface area contributed by atoms with Gasteiger partial charge in [0.15, 0.2) is 0 Å². The zero-order valence-electron chi connectivity index (χ0n) is 25.8. The van der Waals surface area contributed by atoms with Gasteiger partial charge in [0.05, 0.1) is 11.6 Å². The summed E-state index contributed by atoms with van der Waals surface area (Å²) >= 11 is 0. The van der Waals surface area contributed by atoms with Gasteiger partial charge in [-0.1, -0.05) is 103 Å². The van der Waals surface area contributed by atoms with Crippen molar-refractivity contribution in [2.24, 2.45) is 0 Å². The minimum Gasteiger partial charge on any atom is -0.507 e. The van der Waals surface area contributed by atoms with Crippen molar-refractivity contribution in [2.75, 3.05) is 6.54 Å². The predicted octanol–water partition coefficient (Wildman–Crippen LogP) is 7.38. The minimum absolute atomic E-state index is 0.132. The number of carboxylic acids is 1. The highest BCUT2D eigenvalue weighted by atomic mass is 32.2. The fraction of sp³-hybridized carbons (Fsp3) is 0.154. The molecule has 5 aromatic carbocycles. The Bertz CT molecular complexity index is 2050. The lowest BCUT2D eigenvalue weighted by Gasteiger charge is -2.25. The second-order valence-electron chi connectivity index (χ2n) is 11.5. The molecule has 1 aromatic heterocycles. The van der Waals surface area contributed by atoms with Crippen LogP contribution in [0.4, 0.5) is 0 Å². The van der Waals surface area contributed by atoms with E-state index >= 15 is 0 Å². The molecule has 0 unspecified atom stereocenters. The molecule has 0 aliphatic rings. The summed E-state index contributed by atoms with van der Waals surface area (Å²) in [4.78, 5) is 11.2. The molecule has 8 heteroatoms. The number of nitrogens with zero attached hydrogens (tertiary/aromatic N) is 1. The Kier molecular flexibility index (Phi) is 9.52. The number of aryl methyl sites for hydroxylation is 2. The number of para-hydroxylation sites is 2. The van der Waals surface area contributed by atoms with E-state index in [1.165, 1.54) is 12.1 Å². The van der Waals surface area contributed by atoms with E-state index in [2.05, 4.69) is 45.7 Å². The number of hydrogen-bond donors (Lipinski definition) is 3. The maximum atomic E-state index is 13.2. The molecule has 3 N–H and O–H groups in total.